The van der Waals surface area contributed by atoms with Gasteiger partial charge in [-0.25, -0.2) is 8.42 Å². The number of ether oxygens (including phenoxy) is 1. The lowest BCUT2D eigenvalue weighted by Gasteiger charge is -2.11. The maximum atomic E-state index is 12.5. The predicted molar refractivity (Wildman–Crippen MR) is 125 cm³/mol. The lowest BCUT2D eigenvalue weighted by molar-refractivity contribution is -0.119. The predicted octanol–water partition coefficient (Wildman–Crippen LogP) is 3.55. The number of carbonyl (C=O) groups excluding carboxylic acids is 1. The number of thiocarbonyl (C=S) groups is 1. The number of carbonyl (C=O) groups is 1. The molecule has 0 fully saturated rings. The van der Waals surface area contributed by atoms with E-state index in [1.54, 1.807) is 73.8 Å². The topological polar surface area (TPSA) is 96.5 Å². The number of nitrogens with one attached hydrogen (secondary N) is 3. The van der Waals surface area contributed by atoms with Crippen molar-refractivity contribution < 1.29 is 17.9 Å². The highest BCUT2D eigenvalue weighted by molar-refractivity contribution is 7.92. The fraction of sp³-hybridized carbons (Fsp3) is 0.0909. The van der Waals surface area contributed by atoms with Gasteiger partial charge < -0.3 is 15.4 Å². The van der Waals surface area contributed by atoms with Crippen molar-refractivity contribution in [1.82, 2.24) is 5.32 Å². The summed E-state index contributed by atoms with van der Waals surface area (Å²) in [6.07, 6.45) is 0.161. The SMILES string of the molecule is COc1ccc(CC(=O)NC(=S)Nc2ccc(S(=O)(=O)Nc3ccccc3)cc2)cc1. The number of benzene rings is 3. The molecular weight excluding hydrogens is 434 g/mol. The molecule has 7 nitrogen and oxygen atoms in total. The molecule has 0 atom stereocenters. The Kier molecular flexibility index (Phi) is 7.22. The largest absolute Gasteiger partial charge is 0.497 e. The average molecular weight is 456 g/mol. The standard InChI is InChI=1S/C22H21N3O4S2/c1-29-19-11-7-16(8-12-19)15-21(26)24-22(30)23-17-9-13-20(14-10-17)31(27,28)25-18-5-3-2-4-6-18/h2-14,25H,15H2,1H3,(H2,23,24,26,30). The van der Waals surface area contributed by atoms with E-state index < -0.39 is 10.0 Å². The smallest absolute Gasteiger partial charge is 0.261 e. The number of anilines is 2. The second-order valence-electron chi connectivity index (χ2n) is 6.52. The molecule has 3 aromatic carbocycles. The van der Waals surface area contributed by atoms with E-state index in [1.807, 2.05) is 0 Å². The molecule has 0 saturated carbocycles. The summed E-state index contributed by atoms with van der Waals surface area (Å²) in [4.78, 5) is 12.3. The monoisotopic (exact) mass is 455 g/mol. The number of hydrogen-bond donors (Lipinski definition) is 3. The van der Waals surface area contributed by atoms with Gasteiger partial charge in [-0.3, -0.25) is 9.52 Å². The van der Waals surface area contributed by atoms with Crippen LogP contribution in [-0.2, 0) is 21.2 Å². The number of methoxy groups -OCH3 is 1. The molecule has 3 rings (SSSR count). The molecule has 0 saturated heterocycles. The fourth-order valence-electron chi connectivity index (χ4n) is 2.70. The molecule has 9 heteroatoms. The van der Waals surface area contributed by atoms with Crippen LogP contribution in [0.3, 0.4) is 0 Å². The van der Waals surface area contributed by atoms with Gasteiger partial charge in [-0.2, -0.15) is 0 Å². The molecule has 0 aliphatic heterocycles. The third-order valence-corrected chi connectivity index (χ3v) is 5.83. The van der Waals surface area contributed by atoms with Crippen LogP contribution >= 0.6 is 12.2 Å². The van der Waals surface area contributed by atoms with Gasteiger partial charge in [0.25, 0.3) is 10.0 Å². The Morgan fingerprint density at radius 2 is 1.55 bits per heavy atom. The molecule has 1 amide bonds. The highest BCUT2D eigenvalue weighted by Crippen LogP contribution is 2.18. The van der Waals surface area contributed by atoms with Gasteiger partial charge in [0, 0.05) is 11.4 Å². The van der Waals surface area contributed by atoms with Crippen molar-refractivity contribution in [1.29, 1.82) is 0 Å². The van der Waals surface area contributed by atoms with Crippen LogP contribution in [0.25, 0.3) is 0 Å². The first-order valence-corrected chi connectivity index (χ1v) is 11.2. The highest BCUT2D eigenvalue weighted by Gasteiger charge is 2.14. The van der Waals surface area contributed by atoms with E-state index in [2.05, 4.69) is 15.4 Å². The molecule has 160 valence electrons. The minimum atomic E-state index is -3.71. The highest BCUT2D eigenvalue weighted by atomic mass is 32.2. The van der Waals surface area contributed by atoms with Crippen LogP contribution in [0.1, 0.15) is 5.56 Å². The van der Waals surface area contributed by atoms with Crippen LogP contribution in [0.5, 0.6) is 5.75 Å². The first-order chi connectivity index (χ1) is 14.9. The Morgan fingerprint density at radius 3 is 2.16 bits per heavy atom. The van der Waals surface area contributed by atoms with E-state index >= 15 is 0 Å². The summed E-state index contributed by atoms with van der Waals surface area (Å²) < 4.78 is 32.5. The van der Waals surface area contributed by atoms with Crippen LogP contribution < -0.4 is 20.1 Å². The minimum Gasteiger partial charge on any atom is -0.497 e. The minimum absolute atomic E-state index is 0.108. The van der Waals surface area contributed by atoms with E-state index in [0.717, 1.165) is 5.56 Å². The van der Waals surface area contributed by atoms with Crippen molar-refractivity contribution in [2.75, 3.05) is 17.1 Å². The zero-order chi connectivity index (χ0) is 22.3. The number of hydrogen-bond acceptors (Lipinski definition) is 5. The average Bonchev–Trinajstić information content (AvgIpc) is 2.75. The summed E-state index contributed by atoms with van der Waals surface area (Å²) in [5, 5.41) is 5.59. The summed E-state index contributed by atoms with van der Waals surface area (Å²) in [5.41, 5.74) is 1.85. The number of rotatable bonds is 7. The molecule has 0 unspecified atom stereocenters. The summed E-state index contributed by atoms with van der Waals surface area (Å²) in [7, 11) is -2.13. The molecule has 0 heterocycles. The first-order valence-electron chi connectivity index (χ1n) is 9.27. The lowest BCUT2D eigenvalue weighted by Crippen LogP contribution is -2.35. The summed E-state index contributed by atoms with van der Waals surface area (Å²) >= 11 is 5.17. The second-order valence-corrected chi connectivity index (χ2v) is 8.61. The third-order valence-electron chi connectivity index (χ3n) is 4.23. The summed E-state index contributed by atoms with van der Waals surface area (Å²) in [5.74, 6) is 0.444. The van der Waals surface area contributed by atoms with Crippen LogP contribution in [0, 0.1) is 0 Å². The van der Waals surface area contributed by atoms with Gasteiger partial charge in [-0.1, -0.05) is 30.3 Å². The molecule has 0 bridgehead atoms. The van der Waals surface area contributed by atoms with E-state index in [1.165, 1.54) is 12.1 Å². The van der Waals surface area contributed by atoms with Crippen LogP contribution in [-0.4, -0.2) is 26.5 Å². The van der Waals surface area contributed by atoms with Gasteiger partial charge in [0.2, 0.25) is 5.91 Å². The Bertz CT molecular complexity index is 1150. The number of sulfonamides is 1. The van der Waals surface area contributed by atoms with Crippen molar-refractivity contribution in [2.24, 2.45) is 0 Å². The Balaban J connectivity index is 1.55. The molecule has 0 radical (unpaired) electrons. The molecule has 0 aromatic heterocycles. The van der Waals surface area contributed by atoms with E-state index in [4.69, 9.17) is 17.0 Å². The maximum absolute atomic E-state index is 12.5. The van der Waals surface area contributed by atoms with Gasteiger partial charge in [-0.05, 0) is 66.3 Å². The Labute approximate surface area is 186 Å². The van der Waals surface area contributed by atoms with Crippen LogP contribution in [0.2, 0.25) is 0 Å². The maximum Gasteiger partial charge on any atom is 0.261 e. The normalized spacial score (nSPS) is 10.7. The molecule has 0 spiro atoms. The zero-order valence-electron chi connectivity index (χ0n) is 16.7. The van der Waals surface area contributed by atoms with Crippen molar-refractivity contribution in [3.05, 3.63) is 84.4 Å². The van der Waals surface area contributed by atoms with Gasteiger partial charge in [0.15, 0.2) is 5.11 Å². The van der Waals surface area contributed by atoms with E-state index in [0.29, 0.717) is 17.1 Å². The molecule has 0 aliphatic carbocycles. The van der Waals surface area contributed by atoms with Crippen LogP contribution in [0.15, 0.2) is 83.8 Å². The summed E-state index contributed by atoms with van der Waals surface area (Å²) in [6, 6.07) is 21.8. The fourth-order valence-corrected chi connectivity index (χ4v) is 3.99. The Morgan fingerprint density at radius 1 is 0.903 bits per heavy atom. The summed E-state index contributed by atoms with van der Waals surface area (Å²) in [6.45, 7) is 0. The third kappa shape index (κ3) is 6.53. The quantitative estimate of drug-likeness (QED) is 0.472. The van der Waals surface area contributed by atoms with Gasteiger partial charge >= 0.3 is 0 Å². The number of amides is 1. The van der Waals surface area contributed by atoms with Gasteiger partial charge in [-0.15, -0.1) is 0 Å². The molecular formula is C22H21N3O4S2. The van der Waals surface area contributed by atoms with E-state index in [9.17, 15) is 13.2 Å². The molecule has 3 aromatic rings. The first kappa shape index (κ1) is 22.3. The molecule has 31 heavy (non-hydrogen) atoms. The van der Waals surface area contributed by atoms with Crippen LogP contribution in [0.4, 0.5) is 11.4 Å². The molecule has 0 aliphatic rings. The van der Waals surface area contributed by atoms with Crippen molar-refractivity contribution in [3.8, 4) is 5.75 Å². The molecule has 3 N–H and O–H groups in total. The number of para-hydroxylation sites is 1. The van der Waals surface area contributed by atoms with Crippen molar-refractivity contribution >= 4 is 44.6 Å². The lowest BCUT2D eigenvalue weighted by atomic mass is 10.1. The second kappa shape index (κ2) is 10.1. The zero-order valence-corrected chi connectivity index (χ0v) is 18.3. The van der Waals surface area contributed by atoms with Gasteiger partial charge in [0.05, 0.1) is 18.4 Å². The van der Waals surface area contributed by atoms with Crippen molar-refractivity contribution in [3.63, 3.8) is 0 Å². The van der Waals surface area contributed by atoms with E-state index in [-0.39, 0.29) is 22.3 Å². The Hall–Kier alpha value is -3.43. The van der Waals surface area contributed by atoms with Gasteiger partial charge in [0.1, 0.15) is 5.75 Å². The van der Waals surface area contributed by atoms with Crippen molar-refractivity contribution in [2.45, 2.75) is 11.3 Å².